The van der Waals surface area contributed by atoms with Gasteiger partial charge in [-0.1, -0.05) is 12.1 Å². The van der Waals surface area contributed by atoms with E-state index in [1.54, 1.807) is 33.8 Å². The number of carbonyl (C=O) groups excluding carboxylic acids is 1. The summed E-state index contributed by atoms with van der Waals surface area (Å²) in [5.41, 5.74) is -1.63. The van der Waals surface area contributed by atoms with Crippen LogP contribution in [0, 0.1) is 0 Å². The van der Waals surface area contributed by atoms with E-state index in [1.807, 2.05) is 17.5 Å². The number of alkyl halides is 3. The molecule has 4 nitrogen and oxygen atoms in total. The summed E-state index contributed by atoms with van der Waals surface area (Å²) in [6.45, 7) is 7.09. The fourth-order valence-electron chi connectivity index (χ4n) is 2.61. The average Bonchev–Trinajstić information content (AvgIpc) is 3.26. The molecule has 0 saturated heterocycles. The molecule has 1 amide bonds. The van der Waals surface area contributed by atoms with Gasteiger partial charge >= 0.3 is 12.3 Å². The summed E-state index contributed by atoms with van der Waals surface area (Å²) >= 11 is 3.31. The molecule has 0 saturated carbocycles. The van der Waals surface area contributed by atoms with Crippen LogP contribution >= 0.6 is 34.2 Å². The maximum absolute atomic E-state index is 13.7. The average molecular weight is 461 g/mol. The summed E-state index contributed by atoms with van der Waals surface area (Å²) in [7, 11) is 0. The molecule has 0 aliphatic heterocycles. The summed E-state index contributed by atoms with van der Waals surface area (Å²) in [4.78, 5) is 15.2. The predicted molar refractivity (Wildman–Crippen MR) is 114 cm³/mol. The number of nitrogens with zero attached hydrogens (tertiary/aromatic N) is 2. The molecule has 0 spiro atoms. The Morgan fingerprint density at radius 3 is 2.59 bits per heavy atom. The van der Waals surface area contributed by atoms with Gasteiger partial charge in [0.25, 0.3) is 0 Å². The van der Waals surface area contributed by atoms with Crippen LogP contribution in [0.1, 0.15) is 43.0 Å². The van der Waals surface area contributed by atoms with Gasteiger partial charge in [-0.3, -0.25) is 4.90 Å². The van der Waals surface area contributed by atoms with Crippen molar-refractivity contribution >= 4 is 61.6 Å². The molecule has 3 aromatic heterocycles. The van der Waals surface area contributed by atoms with Gasteiger partial charge in [0.2, 0.25) is 0 Å². The molecule has 0 unspecified atom stereocenters. The van der Waals surface area contributed by atoms with E-state index in [9.17, 15) is 18.0 Å². The number of ether oxygens (including phenoxy) is 1. The Hall–Kier alpha value is -1.91. The van der Waals surface area contributed by atoms with Crippen LogP contribution in [-0.2, 0) is 17.5 Å². The van der Waals surface area contributed by atoms with Gasteiger partial charge in [0.05, 0.1) is 11.2 Å². The van der Waals surface area contributed by atoms with E-state index in [4.69, 9.17) is 4.74 Å². The molecule has 10 heteroatoms. The number of fused-ring (bicyclic) bond motifs is 1. The van der Waals surface area contributed by atoms with E-state index in [-0.39, 0.29) is 16.9 Å². The second-order valence-corrected chi connectivity index (χ2v) is 9.99. The molecule has 156 valence electrons. The van der Waals surface area contributed by atoms with Gasteiger partial charge in [0, 0.05) is 9.75 Å². The first-order valence-electron chi connectivity index (χ1n) is 8.66. The van der Waals surface area contributed by atoms with Crippen LogP contribution in [0.15, 0.2) is 23.6 Å². The first-order valence-corrected chi connectivity index (χ1v) is 11.1. The first-order chi connectivity index (χ1) is 13.5. The van der Waals surface area contributed by atoms with Crippen molar-refractivity contribution in [2.45, 2.75) is 46.0 Å². The molecule has 3 aromatic rings. The number of rotatable bonds is 4. The smallest absolute Gasteiger partial charge is 0.419 e. The molecule has 0 aliphatic rings. The van der Waals surface area contributed by atoms with Gasteiger partial charge in [-0.2, -0.15) is 17.5 Å². The van der Waals surface area contributed by atoms with E-state index >= 15 is 0 Å². The Kier molecular flexibility index (Phi) is 6.07. The van der Waals surface area contributed by atoms with Gasteiger partial charge in [-0.25, -0.2) is 4.79 Å². The second kappa shape index (κ2) is 8.08. The third-order valence-corrected chi connectivity index (χ3v) is 6.70. The van der Waals surface area contributed by atoms with Crippen LogP contribution in [-0.4, -0.2) is 16.1 Å². The van der Waals surface area contributed by atoms with Crippen LogP contribution in [0.25, 0.3) is 16.3 Å². The van der Waals surface area contributed by atoms with Gasteiger partial charge in [-0.05, 0) is 56.7 Å². The molecule has 0 aliphatic carbocycles. The number of aromatic nitrogens is 1. The number of hydrogen-bond donors (Lipinski definition) is 0. The number of allylic oxidation sites excluding steroid dienone is 1. The Balaban J connectivity index is 2.13. The molecule has 29 heavy (non-hydrogen) atoms. The summed E-state index contributed by atoms with van der Waals surface area (Å²) in [5, 5.41) is 2.23. The normalized spacial score (nSPS) is 12.8. The standard InChI is InChI=1S/C19H19F3N2O2S3/c1-5-7-12-13(19(20,21)22)14-15(28-12)16(29-23-14)24(10-11-8-6-9-27-11)17(25)26-18(2,3)4/h5-9H,10H2,1-4H3/b7-5-. The minimum absolute atomic E-state index is 0.0758. The van der Waals surface area contributed by atoms with Crippen molar-refractivity contribution in [2.24, 2.45) is 0 Å². The van der Waals surface area contributed by atoms with E-state index in [2.05, 4.69) is 4.37 Å². The minimum Gasteiger partial charge on any atom is -0.443 e. The molecular formula is C19H19F3N2O2S3. The molecule has 3 rings (SSSR count). The fourth-order valence-corrected chi connectivity index (χ4v) is 5.56. The summed E-state index contributed by atoms with van der Waals surface area (Å²) < 4.78 is 50.9. The predicted octanol–water partition coefficient (Wildman–Crippen LogP) is 7.41. The molecule has 0 atom stereocenters. The maximum Gasteiger partial charge on any atom is 0.419 e. The van der Waals surface area contributed by atoms with Gasteiger partial charge in [0.15, 0.2) is 0 Å². The first kappa shape index (κ1) is 21.8. The number of amides is 1. The van der Waals surface area contributed by atoms with Crippen molar-refractivity contribution in [1.82, 2.24) is 4.37 Å². The second-order valence-electron chi connectivity index (χ2n) is 7.15. The highest BCUT2D eigenvalue weighted by Crippen LogP contribution is 2.47. The lowest BCUT2D eigenvalue weighted by atomic mass is 10.2. The number of carbonyl (C=O) groups is 1. The van der Waals surface area contributed by atoms with Crippen LogP contribution in [0.3, 0.4) is 0 Å². The van der Waals surface area contributed by atoms with Crippen molar-refractivity contribution in [3.8, 4) is 0 Å². The Morgan fingerprint density at radius 2 is 2.03 bits per heavy atom. The number of thiophene rings is 2. The highest BCUT2D eigenvalue weighted by molar-refractivity contribution is 7.25. The number of hydrogen-bond acceptors (Lipinski definition) is 6. The largest absolute Gasteiger partial charge is 0.443 e. The lowest BCUT2D eigenvalue weighted by Crippen LogP contribution is -2.36. The Morgan fingerprint density at radius 1 is 1.31 bits per heavy atom. The summed E-state index contributed by atoms with van der Waals surface area (Å²) in [6.07, 6.45) is -2.18. The third-order valence-electron chi connectivity index (χ3n) is 3.68. The van der Waals surface area contributed by atoms with Crippen molar-refractivity contribution in [3.05, 3.63) is 38.9 Å². The third kappa shape index (κ3) is 4.81. The summed E-state index contributed by atoms with van der Waals surface area (Å²) in [6, 6.07) is 3.72. The quantitative estimate of drug-likeness (QED) is 0.407. The van der Waals surface area contributed by atoms with E-state index < -0.39 is 23.4 Å². The maximum atomic E-state index is 13.7. The van der Waals surface area contributed by atoms with E-state index in [0.717, 1.165) is 27.7 Å². The minimum atomic E-state index is -4.54. The van der Waals surface area contributed by atoms with Gasteiger partial charge < -0.3 is 4.74 Å². The Bertz CT molecular complexity index is 1030. The molecule has 0 radical (unpaired) electrons. The van der Waals surface area contributed by atoms with Crippen LogP contribution in [0.4, 0.5) is 23.0 Å². The molecule has 0 fully saturated rings. The lowest BCUT2D eigenvalue weighted by molar-refractivity contribution is -0.136. The van der Waals surface area contributed by atoms with Crippen LogP contribution < -0.4 is 4.90 Å². The zero-order valence-electron chi connectivity index (χ0n) is 16.2. The zero-order valence-corrected chi connectivity index (χ0v) is 18.6. The molecular weight excluding hydrogens is 441 g/mol. The highest BCUT2D eigenvalue weighted by atomic mass is 32.1. The topological polar surface area (TPSA) is 42.4 Å². The molecule has 0 aromatic carbocycles. The van der Waals surface area contributed by atoms with Gasteiger partial charge in [-0.15, -0.1) is 22.7 Å². The highest BCUT2D eigenvalue weighted by Gasteiger charge is 2.39. The SMILES string of the molecule is C/C=C\c1sc2c(N(Cc3cccs3)C(=O)OC(C)(C)C)snc2c1C(F)(F)F. The van der Waals surface area contributed by atoms with Crippen LogP contribution in [0.2, 0.25) is 0 Å². The molecule has 3 heterocycles. The van der Waals surface area contributed by atoms with E-state index in [0.29, 0.717) is 9.70 Å². The summed E-state index contributed by atoms with van der Waals surface area (Å²) in [5.74, 6) is 0. The number of halogens is 3. The molecule has 0 bridgehead atoms. The fraction of sp³-hybridized carbons (Fsp3) is 0.368. The number of anilines is 1. The van der Waals surface area contributed by atoms with Gasteiger partial charge in [0.1, 0.15) is 21.7 Å². The monoisotopic (exact) mass is 460 g/mol. The molecule has 0 N–H and O–H groups in total. The van der Waals surface area contributed by atoms with Crippen molar-refractivity contribution in [3.63, 3.8) is 0 Å². The van der Waals surface area contributed by atoms with Crippen molar-refractivity contribution in [1.29, 1.82) is 0 Å². The zero-order chi connectivity index (χ0) is 21.4. The van der Waals surface area contributed by atoms with Crippen molar-refractivity contribution in [2.75, 3.05) is 4.90 Å². The van der Waals surface area contributed by atoms with E-state index in [1.165, 1.54) is 22.3 Å². The van der Waals surface area contributed by atoms with Crippen LogP contribution in [0.5, 0.6) is 0 Å². The lowest BCUT2D eigenvalue weighted by Gasteiger charge is -2.26. The van der Waals surface area contributed by atoms with Crippen molar-refractivity contribution < 1.29 is 22.7 Å². The Labute approximate surface area is 178 Å².